The Morgan fingerprint density at radius 3 is 2.06 bits per heavy atom. The summed E-state index contributed by atoms with van der Waals surface area (Å²) in [5, 5.41) is 0. The lowest BCUT2D eigenvalue weighted by Crippen LogP contribution is -2.49. The summed E-state index contributed by atoms with van der Waals surface area (Å²) in [7, 11) is 0. The molecule has 0 aromatic heterocycles. The molecule has 2 amide bonds. The van der Waals surface area contributed by atoms with Crippen molar-refractivity contribution in [2.24, 2.45) is 11.3 Å². The number of amides is 2. The fourth-order valence-electron chi connectivity index (χ4n) is 1.27. The van der Waals surface area contributed by atoms with Crippen LogP contribution in [0.5, 0.6) is 0 Å². The van der Waals surface area contributed by atoms with Crippen LogP contribution < -0.4 is 10.9 Å². The molecular formula is C10H15Br3N2O2. The smallest absolute Gasteiger partial charge is 0.252 e. The highest BCUT2D eigenvalue weighted by atomic mass is 79.9. The summed E-state index contributed by atoms with van der Waals surface area (Å²) in [6.07, 6.45) is 0.684. The number of carbonyl (C=O) groups excluding carboxylic acids is 2. The van der Waals surface area contributed by atoms with Gasteiger partial charge in [-0.2, -0.15) is 0 Å². The maximum absolute atomic E-state index is 11.8. The Labute approximate surface area is 126 Å². The molecule has 0 radical (unpaired) electrons. The summed E-state index contributed by atoms with van der Waals surface area (Å²) in [5.41, 5.74) is 4.34. The Hall–Kier alpha value is 0.380. The van der Waals surface area contributed by atoms with Crippen molar-refractivity contribution in [3.63, 3.8) is 0 Å². The van der Waals surface area contributed by atoms with Crippen molar-refractivity contribution >= 4 is 59.6 Å². The third-order valence-electron chi connectivity index (χ3n) is 2.89. The first kappa shape index (κ1) is 15.4. The number of alkyl halides is 3. The predicted molar refractivity (Wildman–Crippen MR) is 77.1 cm³/mol. The van der Waals surface area contributed by atoms with Gasteiger partial charge in [-0.15, -0.1) is 0 Å². The van der Waals surface area contributed by atoms with Gasteiger partial charge in [0.25, 0.3) is 5.91 Å². The van der Waals surface area contributed by atoms with Gasteiger partial charge in [0, 0.05) is 0 Å². The lowest BCUT2D eigenvalue weighted by Gasteiger charge is -2.17. The van der Waals surface area contributed by atoms with Crippen LogP contribution in [0.4, 0.5) is 0 Å². The maximum atomic E-state index is 11.8. The van der Waals surface area contributed by atoms with E-state index >= 15 is 0 Å². The zero-order valence-corrected chi connectivity index (χ0v) is 14.6. The number of rotatable bonds is 3. The van der Waals surface area contributed by atoms with E-state index in [9.17, 15) is 9.59 Å². The normalized spacial score (nSPS) is 27.5. The monoisotopic (exact) mass is 432 g/mol. The number of carbonyl (C=O) groups is 2. The average Bonchev–Trinajstić information content (AvgIpc) is 2.74. The topological polar surface area (TPSA) is 58.2 Å². The lowest BCUT2D eigenvalue weighted by atomic mass is 10.1. The zero-order chi connectivity index (χ0) is 13.4. The van der Waals surface area contributed by atoms with Gasteiger partial charge >= 0.3 is 0 Å². The summed E-state index contributed by atoms with van der Waals surface area (Å²) in [6.45, 7) is 5.67. The quantitative estimate of drug-likeness (QED) is 0.529. The molecule has 4 nitrogen and oxygen atoms in total. The molecule has 1 rings (SSSR count). The number of hydrogen-bond acceptors (Lipinski definition) is 2. The number of hydrazine groups is 1. The molecule has 0 aliphatic heterocycles. The Balaban J connectivity index is 2.43. The molecule has 1 fully saturated rings. The summed E-state index contributed by atoms with van der Waals surface area (Å²) in [5.74, 6) is -0.287. The Morgan fingerprint density at radius 2 is 1.71 bits per heavy atom. The van der Waals surface area contributed by atoms with E-state index in [4.69, 9.17) is 0 Å². The first-order valence-electron chi connectivity index (χ1n) is 5.24. The Kier molecular flexibility index (Phi) is 4.69. The molecule has 0 bridgehead atoms. The third kappa shape index (κ3) is 3.23. The SMILES string of the molecule is CC(C)[C@H](Br)C(=O)NNC(=O)[C@]1(C)CC1(Br)Br. The van der Waals surface area contributed by atoms with Crippen LogP contribution in [0.15, 0.2) is 0 Å². The number of hydrogen-bond donors (Lipinski definition) is 2. The van der Waals surface area contributed by atoms with E-state index in [0.717, 1.165) is 0 Å². The van der Waals surface area contributed by atoms with Gasteiger partial charge in [-0.25, -0.2) is 0 Å². The highest BCUT2D eigenvalue weighted by Crippen LogP contribution is 2.66. The average molecular weight is 435 g/mol. The molecule has 1 saturated carbocycles. The van der Waals surface area contributed by atoms with Gasteiger partial charge in [0.05, 0.1) is 13.5 Å². The highest BCUT2D eigenvalue weighted by molar-refractivity contribution is 9.25. The first-order chi connectivity index (χ1) is 7.62. The molecule has 0 heterocycles. The molecule has 2 N–H and O–H groups in total. The molecule has 0 aromatic carbocycles. The van der Waals surface area contributed by atoms with E-state index in [1.165, 1.54) is 0 Å². The van der Waals surface area contributed by atoms with Crippen molar-refractivity contribution in [2.45, 2.75) is 35.3 Å². The van der Waals surface area contributed by atoms with E-state index in [1.54, 1.807) is 0 Å². The maximum Gasteiger partial charge on any atom is 0.252 e. The summed E-state index contributed by atoms with van der Waals surface area (Å²) in [4.78, 5) is 23.1. The Bertz CT molecular complexity index is 346. The molecule has 17 heavy (non-hydrogen) atoms. The van der Waals surface area contributed by atoms with Crippen LogP contribution in [0.1, 0.15) is 27.2 Å². The van der Waals surface area contributed by atoms with Gasteiger partial charge in [0.1, 0.15) is 0 Å². The first-order valence-corrected chi connectivity index (χ1v) is 7.74. The van der Waals surface area contributed by atoms with Crippen LogP contribution in [0.25, 0.3) is 0 Å². The van der Waals surface area contributed by atoms with Gasteiger partial charge < -0.3 is 0 Å². The summed E-state index contributed by atoms with van der Waals surface area (Å²) >= 11 is 10.1. The molecule has 1 aliphatic rings. The minimum atomic E-state index is -0.528. The fourth-order valence-corrected chi connectivity index (χ4v) is 2.87. The standard InChI is InChI=1S/C10H15Br3N2O2/c1-5(2)6(11)7(16)14-15-8(17)9(3)4-10(9,12)13/h5-6H,4H2,1-3H3,(H,14,16)(H,15,17)/t6-,9-/m0/s1. The van der Waals surface area contributed by atoms with Crippen LogP contribution >= 0.6 is 47.8 Å². The summed E-state index contributed by atoms with van der Waals surface area (Å²) in [6, 6.07) is 0. The van der Waals surface area contributed by atoms with E-state index in [1.807, 2.05) is 20.8 Å². The minimum absolute atomic E-state index is 0.162. The van der Waals surface area contributed by atoms with Crippen LogP contribution in [0.3, 0.4) is 0 Å². The minimum Gasteiger partial charge on any atom is -0.273 e. The molecule has 1 aliphatic carbocycles. The second kappa shape index (κ2) is 5.17. The van der Waals surface area contributed by atoms with Crippen LogP contribution in [-0.2, 0) is 9.59 Å². The molecule has 0 unspecified atom stereocenters. The molecule has 7 heteroatoms. The molecule has 2 atom stereocenters. The van der Waals surface area contributed by atoms with Crippen molar-refractivity contribution in [1.29, 1.82) is 0 Å². The highest BCUT2D eigenvalue weighted by Gasteiger charge is 2.66. The van der Waals surface area contributed by atoms with Crippen molar-refractivity contribution in [1.82, 2.24) is 10.9 Å². The second-order valence-electron chi connectivity index (χ2n) is 4.80. The van der Waals surface area contributed by atoms with Crippen molar-refractivity contribution in [3.05, 3.63) is 0 Å². The van der Waals surface area contributed by atoms with Gasteiger partial charge in [-0.1, -0.05) is 61.6 Å². The zero-order valence-electron chi connectivity index (χ0n) is 9.81. The van der Waals surface area contributed by atoms with Gasteiger partial charge in [-0.3, -0.25) is 20.4 Å². The third-order valence-corrected chi connectivity index (χ3v) is 6.68. The number of halogens is 3. The predicted octanol–water partition coefficient (Wildman–Crippen LogP) is 2.45. The van der Waals surface area contributed by atoms with Gasteiger partial charge in [0.2, 0.25) is 5.91 Å². The second-order valence-corrected chi connectivity index (χ2v) is 9.56. The number of nitrogens with one attached hydrogen (secondary N) is 2. The molecule has 0 spiro atoms. The van der Waals surface area contributed by atoms with E-state index < -0.39 is 5.41 Å². The molecule has 98 valence electrons. The van der Waals surface area contributed by atoms with Gasteiger partial charge in [0.15, 0.2) is 0 Å². The fraction of sp³-hybridized carbons (Fsp3) is 0.800. The summed E-state index contributed by atoms with van der Waals surface area (Å²) < 4.78 is -0.354. The molecule has 0 saturated heterocycles. The Morgan fingerprint density at radius 1 is 1.24 bits per heavy atom. The van der Waals surface area contributed by atoms with E-state index in [0.29, 0.717) is 6.42 Å². The largest absolute Gasteiger partial charge is 0.273 e. The van der Waals surface area contributed by atoms with Crippen molar-refractivity contribution in [2.75, 3.05) is 0 Å². The van der Waals surface area contributed by atoms with Crippen LogP contribution in [-0.4, -0.2) is 19.9 Å². The molecular weight excluding hydrogens is 420 g/mol. The molecule has 0 aromatic rings. The van der Waals surface area contributed by atoms with Crippen LogP contribution in [0, 0.1) is 11.3 Å². The van der Waals surface area contributed by atoms with E-state index in [-0.39, 0.29) is 25.8 Å². The van der Waals surface area contributed by atoms with E-state index in [2.05, 4.69) is 58.6 Å². The van der Waals surface area contributed by atoms with Gasteiger partial charge in [-0.05, 0) is 19.3 Å². The van der Waals surface area contributed by atoms with Crippen molar-refractivity contribution in [3.8, 4) is 0 Å². The van der Waals surface area contributed by atoms with Crippen molar-refractivity contribution < 1.29 is 9.59 Å². The van der Waals surface area contributed by atoms with Crippen LogP contribution in [0.2, 0.25) is 0 Å². The lowest BCUT2D eigenvalue weighted by molar-refractivity contribution is -0.131.